The Morgan fingerprint density at radius 1 is 1.00 bits per heavy atom. The lowest BCUT2D eigenvalue weighted by Crippen LogP contribution is -2.47. The molecule has 3 rings (SSSR count). The number of carbonyl (C=O) groups excluding carboxylic acids is 2. The molecule has 0 spiro atoms. The van der Waals surface area contributed by atoms with Crippen molar-refractivity contribution >= 4 is 17.6 Å². The Morgan fingerprint density at radius 2 is 1.65 bits per heavy atom. The number of hydrogen-bond acceptors (Lipinski definition) is 6. The van der Waals surface area contributed by atoms with Gasteiger partial charge in [0.1, 0.15) is 22.8 Å². The quantitative estimate of drug-likeness (QED) is 0.782. The fourth-order valence-corrected chi connectivity index (χ4v) is 2.88. The highest BCUT2D eigenvalue weighted by molar-refractivity contribution is 6.11. The first-order valence-corrected chi connectivity index (χ1v) is 7.97. The molecule has 0 aromatic heterocycles. The van der Waals surface area contributed by atoms with Gasteiger partial charge in [0.15, 0.2) is 0 Å². The average Bonchev–Trinajstić information content (AvgIpc) is 2.70. The molecule has 0 fully saturated rings. The fourth-order valence-electron chi connectivity index (χ4n) is 2.88. The SMILES string of the molecule is COC(=O)[C@H]1CN(C(=O)c2c(OC)cccc2OC)c2ccccc2O1. The normalized spacial score (nSPS) is 15.5. The Balaban J connectivity index is 2.08. The van der Waals surface area contributed by atoms with E-state index < -0.39 is 12.1 Å². The van der Waals surface area contributed by atoms with Gasteiger partial charge in [0.25, 0.3) is 5.91 Å². The molecule has 0 unspecified atom stereocenters. The van der Waals surface area contributed by atoms with Gasteiger partial charge in [0.2, 0.25) is 6.10 Å². The number of esters is 1. The van der Waals surface area contributed by atoms with E-state index in [0.29, 0.717) is 22.9 Å². The molecule has 2 aromatic rings. The Morgan fingerprint density at radius 3 is 2.27 bits per heavy atom. The van der Waals surface area contributed by atoms with Crippen molar-refractivity contribution in [2.45, 2.75) is 6.10 Å². The highest BCUT2D eigenvalue weighted by Gasteiger charge is 2.36. The Hall–Kier alpha value is -3.22. The number of methoxy groups -OCH3 is 3. The minimum Gasteiger partial charge on any atom is -0.496 e. The molecule has 1 aliphatic heterocycles. The molecular weight excluding hydrogens is 338 g/mol. The van der Waals surface area contributed by atoms with E-state index >= 15 is 0 Å². The standard InChI is InChI=1S/C19H19NO6/c1-23-14-9-6-10-15(24-2)17(14)18(21)20-11-16(19(22)25-3)26-13-8-5-4-7-12(13)20/h4-10,16H,11H2,1-3H3/t16-/m1/s1. The van der Waals surface area contributed by atoms with Gasteiger partial charge >= 0.3 is 5.97 Å². The molecule has 0 radical (unpaired) electrons. The van der Waals surface area contributed by atoms with Crippen LogP contribution in [0.25, 0.3) is 0 Å². The number of carbonyl (C=O) groups is 2. The molecule has 1 amide bonds. The van der Waals surface area contributed by atoms with Gasteiger partial charge in [0, 0.05) is 0 Å². The predicted octanol–water partition coefficient (Wildman–Crippen LogP) is 2.28. The summed E-state index contributed by atoms with van der Waals surface area (Å²) in [5.41, 5.74) is 0.837. The third kappa shape index (κ3) is 3.03. The Kier molecular flexibility index (Phi) is 4.97. The molecule has 7 nitrogen and oxygen atoms in total. The number of hydrogen-bond donors (Lipinski definition) is 0. The zero-order chi connectivity index (χ0) is 18.7. The number of para-hydroxylation sites is 2. The van der Waals surface area contributed by atoms with E-state index in [4.69, 9.17) is 18.9 Å². The number of benzene rings is 2. The zero-order valence-electron chi connectivity index (χ0n) is 14.7. The van der Waals surface area contributed by atoms with Crippen LogP contribution in [0.3, 0.4) is 0 Å². The van der Waals surface area contributed by atoms with E-state index in [1.165, 1.54) is 26.2 Å². The summed E-state index contributed by atoms with van der Waals surface area (Å²) in [5, 5.41) is 0. The molecule has 1 heterocycles. The van der Waals surface area contributed by atoms with E-state index in [-0.39, 0.29) is 18.0 Å². The summed E-state index contributed by atoms with van der Waals surface area (Å²) in [6, 6.07) is 12.1. The molecule has 136 valence electrons. The molecule has 0 N–H and O–H groups in total. The van der Waals surface area contributed by atoms with Crippen LogP contribution in [0.4, 0.5) is 5.69 Å². The van der Waals surface area contributed by atoms with E-state index in [1.54, 1.807) is 42.5 Å². The van der Waals surface area contributed by atoms with E-state index in [1.807, 2.05) is 0 Å². The third-order valence-electron chi connectivity index (χ3n) is 4.12. The number of ether oxygens (including phenoxy) is 4. The van der Waals surface area contributed by atoms with Crippen molar-refractivity contribution < 1.29 is 28.5 Å². The first-order valence-electron chi connectivity index (χ1n) is 7.97. The lowest BCUT2D eigenvalue weighted by Gasteiger charge is -2.34. The zero-order valence-corrected chi connectivity index (χ0v) is 14.7. The molecule has 0 saturated heterocycles. The van der Waals surface area contributed by atoms with Gasteiger partial charge in [-0.15, -0.1) is 0 Å². The maximum absolute atomic E-state index is 13.3. The van der Waals surface area contributed by atoms with Crippen molar-refractivity contribution in [1.82, 2.24) is 0 Å². The summed E-state index contributed by atoms with van der Waals surface area (Å²) in [5.74, 6) is 0.283. The Bertz CT molecular complexity index is 812. The van der Waals surface area contributed by atoms with Gasteiger partial charge in [-0.25, -0.2) is 4.79 Å². The van der Waals surface area contributed by atoms with Crippen molar-refractivity contribution in [3.63, 3.8) is 0 Å². The minimum absolute atomic E-state index is 0.0176. The first-order chi connectivity index (χ1) is 12.6. The highest BCUT2D eigenvalue weighted by Crippen LogP contribution is 2.37. The van der Waals surface area contributed by atoms with Crippen molar-refractivity contribution in [3.05, 3.63) is 48.0 Å². The fraction of sp³-hybridized carbons (Fsp3) is 0.263. The molecule has 1 aliphatic rings. The second-order valence-corrected chi connectivity index (χ2v) is 5.55. The monoisotopic (exact) mass is 357 g/mol. The summed E-state index contributed by atoms with van der Waals surface area (Å²) in [4.78, 5) is 26.8. The van der Waals surface area contributed by atoms with Crippen LogP contribution in [0.15, 0.2) is 42.5 Å². The molecule has 0 aliphatic carbocycles. The molecular formula is C19H19NO6. The van der Waals surface area contributed by atoms with Gasteiger partial charge in [-0.05, 0) is 24.3 Å². The topological polar surface area (TPSA) is 74.3 Å². The molecule has 1 atom stereocenters. The van der Waals surface area contributed by atoms with E-state index in [2.05, 4.69) is 0 Å². The predicted molar refractivity (Wildman–Crippen MR) is 94.1 cm³/mol. The van der Waals surface area contributed by atoms with E-state index in [9.17, 15) is 9.59 Å². The van der Waals surface area contributed by atoms with Crippen LogP contribution in [-0.2, 0) is 9.53 Å². The number of anilines is 1. The van der Waals surface area contributed by atoms with Crippen LogP contribution in [0.1, 0.15) is 10.4 Å². The first kappa shape index (κ1) is 17.6. The van der Waals surface area contributed by atoms with Crippen molar-refractivity contribution in [2.75, 3.05) is 32.8 Å². The minimum atomic E-state index is -0.917. The van der Waals surface area contributed by atoms with Gasteiger partial charge in [0.05, 0.1) is 33.6 Å². The highest BCUT2D eigenvalue weighted by atomic mass is 16.6. The number of rotatable bonds is 4. The average molecular weight is 357 g/mol. The van der Waals surface area contributed by atoms with Crippen LogP contribution in [0, 0.1) is 0 Å². The van der Waals surface area contributed by atoms with Crippen LogP contribution in [0.2, 0.25) is 0 Å². The summed E-state index contributed by atoms with van der Waals surface area (Å²) in [6.45, 7) is 0.0176. The lowest BCUT2D eigenvalue weighted by molar-refractivity contribution is -0.148. The summed E-state index contributed by atoms with van der Waals surface area (Å²) >= 11 is 0. The van der Waals surface area contributed by atoms with E-state index in [0.717, 1.165) is 0 Å². The second kappa shape index (κ2) is 7.35. The van der Waals surface area contributed by atoms with Crippen molar-refractivity contribution in [3.8, 4) is 17.2 Å². The maximum atomic E-state index is 13.3. The third-order valence-corrected chi connectivity index (χ3v) is 4.12. The molecule has 2 aromatic carbocycles. The summed E-state index contributed by atoms with van der Waals surface area (Å²) in [6.07, 6.45) is -0.917. The van der Waals surface area contributed by atoms with Crippen LogP contribution in [-0.4, -0.2) is 45.9 Å². The second-order valence-electron chi connectivity index (χ2n) is 5.55. The van der Waals surface area contributed by atoms with Crippen LogP contribution >= 0.6 is 0 Å². The van der Waals surface area contributed by atoms with Crippen LogP contribution < -0.4 is 19.1 Å². The van der Waals surface area contributed by atoms with Gasteiger partial charge in [-0.3, -0.25) is 4.79 Å². The van der Waals surface area contributed by atoms with Gasteiger partial charge in [-0.2, -0.15) is 0 Å². The number of amides is 1. The maximum Gasteiger partial charge on any atom is 0.348 e. The summed E-state index contributed by atoms with van der Waals surface area (Å²) < 4.78 is 21.1. The largest absolute Gasteiger partial charge is 0.496 e. The molecule has 7 heteroatoms. The lowest BCUT2D eigenvalue weighted by atomic mass is 10.1. The molecule has 26 heavy (non-hydrogen) atoms. The Labute approximate surface area is 151 Å². The molecule has 0 bridgehead atoms. The van der Waals surface area contributed by atoms with Crippen molar-refractivity contribution in [2.24, 2.45) is 0 Å². The van der Waals surface area contributed by atoms with Gasteiger partial charge < -0.3 is 23.8 Å². The number of nitrogens with zero attached hydrogens (tertiary/aromatic N) is 1. The van der Waals surface area contributed by atoms with Gasteiger partial charge in [-0.1, -0.05) is 18.2 Å². The van der Waals surface area contributed by atoms with Crippen molar-refractivity contribution in [1.29, 1.82) is 0 Å². The summed E-state index contributed by atoms with van der Waals surface area (Å²) in [7, 11) is 4.24. The molecule has 0 saturated carbocycles. The number of fused-ring (bicyclic) bond motifs is 1. The smallest absolute Gasteiger partial charge is 0.348 e. The van der Waals surface area contributed by atoms with Crippen LogP contribution in [0.5, 0.6) is 17.2 Å².